The van der Waals surface area contributed by atoms with E-state index in [1.54, 1.807) is 26.0 Å². The van der Waals surface area contributed by atoms with Crippen LogP contribution in [0, 0.1) is 6.92 Å². The van der Waals surface area contributed by atoms with E-state index < -0.39 is 17.9 Å². The highest BCUT2D eigenvalue weighted by Gasteiger charge is 2.20. The molecule has 6 heteroatoms. The third kappa shape index (κ3) is 2.77. The second kappa shape index (κ2) is 5.54. The van der Waals surface area contributed by atoms with Gasteiger partial charge in [-0.3, -0.25) is 9.59 Å². The Morgan fingerprint density at radius 2 is 2.15 bits per heavy atom. The van der Waals surface area contributed by atoms with Crippen molar-refractivity contribution in [1.29, 1.82) is 0 Å². The normalized spacial score (nSPS) is 12.3. The molecule has 106 valence electrons. The van der Waals surface area contributed by atoms with Crippen molar-refractivity contribution >= 4 is 34.4 Å². The fraction of sp³-hybridized carbons (Fsp3) is 0.286. The third-order valence-electron chi connectivity index (χ3n) is 2.98. The minimum atomic E-state index is -0.970. The Morgan fingerprint density at radius 1 is 1.45 bits per heavy atom. The van der Waals surface area contributed by atoms with Gasteiger partial charge in [0.15, 0.2) is 11.3 Å². The maximum atomic E-state index is 12.1. The number of rotatable bonds is 4. The van der Waals surface area contributed by atoms with Gasteiger partial charge in [0.05, 0.1) is 11.4 Å². The van der Waals surface area contributed by atoms with E-state index >= 15 is 0 Å². The summed E-state index contributed by atoms with van der Waals surface area (Å²) in [5, 5.41) is 12.5. The van der Waals surface area contributed by atoms with Gasteiger partial charge in [0.25, 0.3) is 5.91 Å². The molecule has 1 aromatic heterocycles. The van der Waals surface area contributed by atoms with Crippen molar-refractivity contribution in [2.24, 2.45) is 0 Å². The molecule has 0 aliphatic carbocycles. The number of amides is 1. The van der Waals surface area contributed by atoms with Gasteiger partial charge in [-0.2, -0.15) is 0 Å². The largest absolute Gasteiger partial charge is 0.481 e. The zero-order chi connectivity index (χ0) is 14.9. The molecule has 5 nitrogen and oxygen atoms in total. The Bertz CT molecular complexity index is 677. The first kappa shape index (κ1) is 14.4. The number of para-hydroxylation sites is 1. The fourth-order valence-electron chi connectivity index (χ4n) is 2.03. The van der Waals surface area contributed by atoms with Crippen LogP contribution in [0.1, 0.15) is 29.5 Å². The van der Waals surface area contributed by atoms with E-state index in [0.717, 1.165) is 5.39 Å². The first-order valence-electron chi connectivity index (χ1n) is 6.10. The van der Waals surface area contributed by atoms with Crippen LogP contribution >= 0.6 is 11.6 Å². The number of carboxylic acid groups (broad SMARTS) is 1. The van der Waals surface area contributed by atoms with Gasteiger partial charge in [-0.1, -0.05) is 23.7 Å². The Hall–Kier alpha value is -2.01. The molecule has 0 fully saturated rings. The zero-order valence-electron chi connectivity index (χ0n) is 11.1. The van der Waals surface area contributed by atoms with Crippen molar-refractivity contribution in [3.63, 3.8) is 0 Å². The second-order valence-electron chi connectivity index (χ2n) is 4.65. The van der Waals surface area contributed by atoms with Gasteiger partial charge >= 0.3 is 5.97 Å². The molecule has 2 N–H and O–H groups in total. The molecule has 0 saturated heterocycles. The van der Waals surface area contributed by atoms with Gasteiger partial charge < -0.3 is 14.8 Å². The standard InChI is InChI=1S/C14H14ClNO4/c1-7(6-11(17)18)16-14(19)12-8(2)9-4-3-5-10(15)13(9)20-12/h3-5,7H,6H2,1-2H3,(H,16,19)(H,17,18). The van der Waals surface area contributed by atoms with Crippen molar-refractivity contribution in [3.8, 4) is 0 Å². The summed E-state index contributed by atoms with van der Waals surface area (Å²) in [5.41, 5.74) is 1.14. The number of carboxylic acids is 1. The van der Waals surface area contributed by atoms with E-state index in [1.165, 1.54) is 0 Å². The molecule has 0 saturated carbocycles. The molecular formula is C14H14ClNO4. The number of carbonyl (C=O) groups excluding carboxylic acids is 1. The lowest BCUT2D eigenvalue weighted by molar-refractivity contribution is -0.137. The van der Waals surface area contributed by atoms with E-state index in [2.05, 4.69) is 5.32 Å². The van der Waals surface area contributed by atoms with Crippen LogP contribution in [0.15, 0.2) is 22.6 Å². The van der Waals surface area contributed by atoms with Gasteiger partial charge in [0, 0.05) is 17.0 Å². The first-order valence-corrected chi connectivity index (χ1v) is 6.48. The van der Waals surface area contributed by atoms with E-state index in [-0.39, 0.29) is 12.2 Å². The number of hydrogen-bond donors (Lipinski definition) is 2. The summed E-state index contributed by atoms with van der Waals surface area (Å²) in [7, 11) is 0. The molecule has 1 amide bonds. The highest BCUT2D eigenvalue weighted by molar-refractivity contribution is 6.35. The van der Waals surface area contributed by atoms with E-state index in [0.29, 0.717) is 16.2 Å². The maximum Gasteiger partial charge on any atom is 0.305 e. The number of carbonyl (C=O) groups is 2. The van der Waals surface area contributed by atoms with Crippen LogP contribution in [0.4, 0.5) is 0 Å². The number of benzene rings is 1. The Morgan fingerprint density at radius 3 is 2.75 bits per heavy atom. The van der Waals surface area contributed by atoms with Crippen LogP contribution in [0.2, 0.25) is 5.02 Å². The van der Waals surface area contributed by atoms with Gasteiger partial charge in [-0.15, -0.1) is 0 Å². The monoisotopic (exact) mass is 295 g/mol. The number of fused-ring (bicyclic) bond motifs is 1. The molecule has 2 rings (SSSR count). The van der Waals surface area contributed by atoms with Crippen molar-refractivity contribution in [3.05, 3.63) is 34.5 Å². The minimum absolute atomic E-state index is 0.147. The summed E-state index contributed by atoms with van der Waals surface area (Å²) >= 11 is 6.02. The summed E-state index contributed by atoms with van der Waals surface area (Å²) in [5.74, 6) is -1.25. The molecule has 0 spiro atoms. The molecule has 1 aromatic carbocycles. The zero-order valence-corrected chi connectivity index (χ0v) is 11.8. The lowest BCUT2D eigenvalue weighted by Gasteiger charge is -2.10. The summed E-state index contributed by atoms with van der Waals surface area (Å²) in [6.45, 7) is 3.38. The summed E-state index contributed by atoms with van der Waals surface area (Å²) in [4.78, 5) is 22.7. The van der Waals surface area contributed by atoms with Gasteiger partial charge in [0.1, 0.15) is 0 Å². The van der Waals surface area contributed by atoms with Crippen LogP contribution < -0.4 is 5.32 Å². The molecule has 0 radical (unpaired) electrons. The molecule has 0 bridgehead atoms. The Labute approximate surface area is 120 Å². The predicted molar refractivity (Wildman–Crippen MR) is 75.1 cm³/mol. The average molecular weight is 296 g/mol. The van der Waals surface area contributed by atoms with Gasteiger partial charge in [-0.25, -0.2) is 0 Å². The van der Waals surface area contributed by atoms with E-state index in [1.807, 2.05) is 6.07 Å². The molecule has 0 aliphatic heterocycles. The maximum absolute atomic E-state index is 12.1. The molecule has 20 heavy (non-hydrogen) atoms. The average Bonchev–Trinajstić information content (AvgIpc) is 2.67. The van der Waals surface area contributed by atoms with Crippen LogP contribution in [-0.4, -0.2) is 23.0 Å². The van der Waals surface area contributed by atoms with E-state index in [4.69, 9.17) is 21.1 Å². The lowest BCUT2D eigenvalue weighted by Crippen LogP contribution is -2.34. The number of furan rings is 1. The third-order valence-corrected chi connectivity index (χ3v) is 3.28. The summed E-state index contributed by atoms with van der Waals surface area (Å²) in [6, 6.07) is 4.80. The van der Waals surface area contributed by atoms with Crippen LogP contribution in [0.25, 0.3) is 11.0 Å². The SMILES string of the molecule is Cc1c(C(=O)NC(C)CC(=O)O)oc2c(Cl)cccc12. The molecule has 0 aliphatic rings. The highest BCUT2D eigenvalue weighted by Crippen LogP contribution is 2.30. The van der Waals surface area contributed by atoms with Crippen LogP contribution in [0.3, 0.4) is 0 Å². The van der Waals surface area contributed by atoms with Crippen molar-refractivity contribution in [2.75, 3.05) is 0 Å². The fourth-order valence-corrected chi connectivity index (χ4v) is 2.24. The molecule has 2 aromatic rings. The number of hydrogen-bond acceptors (Lipinski definition) is 3. The Balaban J connectivity index is 2.29. The molecule has 1 unspecified atom stereocenters. The van der Waals surface area contributed by atoms with E-state index in [9.17, 15) is 9.59 Å². The second-order valence-corrected chi connectivity index (χ2v) is 5.05. The number of aryl methyl sites for hydroxylation is 1. The topological polar surface area (TPSA) is 79.5 Å². The number of nitrogens with one attached hydrogen (secondary N) is 1. The number of aliphatic carboxylic acids is 1. The van der Waals surface area contributed by atoms with Crippen molar-refractivity contribution in [1.82, 2.24) is 5.32 Å². The molecular weight excluding hydrogens is 282 g/mol. The van der Waals surface area contributed by atoms with Crippen LogP contribution in [0.5, 0.6) is 0 Å². The highest BCUT2D eigenvalue weighted by atomic mass is 35.5. The smallest absolute Gasteiger partial charge is 0.305 e. The van der Waals surface area contributed by atoms with Gasteiger partial charge in [0.2, 0.25) is 0 Å². The molecule has 1 atom stereocenters. The molecule has 1 heterocycles. The minimum Gasteiger partial charge on any atom is -0.481 e. The quantitative estimate of drug-likeness (QED) is 0.909. The number of halogens is 1. The van der Waals surface area contributed by atoms with Crippen molar-refractivity contribution in [2.45, 2.75) is 26.3 Å². The lowest BCUT2D eigenvalue weighted by atomic mass is 10.1. The van der Waals surface area contributed by atoms with Crippen molar-refractivity contribution < 1.29 is 19.1 Å². The predicted octanol–water partition coefficient (Wildman–Crippen LogP) is 2.99. The van der Waals surface area contributed by atoms with Gasteiger partial charge in [-0.05, 0) is 19.9 Å². The summed E-state index contributed by atoms with van der Waals surface area (Å²) in [6.07, 6.45) is -0.147. The van der Waals surface area contributed by atoms with Crippen LogP contribution in [-0.2, 0) is 4.79 Å². The first-order chi connectivity index (χ1) is 9.40. The summed E-state index contributed by atoms with van der Waals surface area (Å²) < 4.78 is 5.51. The Kier molecular flexibility index (Phi) is 3.99.